The highest BCUT2D eigenvalue weighted by Gasteiger charge is 2.46. The van der Waals surface area contributed by atoms with E-state index in [1.807, 2.05) is 37.7 Å². The average molecular weight is 586 g/mol. The largest absolute Gasteiger partial charge is 0.507 e. The molecule has 5 rings (SSSR count). The van der Waals surface area contributed by atoms with Gasteiger partial charge in [0, 0.05) is 38.3 Å². The maximum absolute atomic E-state index is 16.3. The first-order chi connectivity index (χ1) is 19.9. The predicted octanol–water partition coefficient (Wildman–Crippen LogP) is 2.90. The van der Waals surface area contributed by atoms with Crippen molar-refractivity contribution >= 4 is 17.6 Å². The Morgan fingerprint density at radius 1 is 1.26 bits per heavy atom. The van der Waals surface area contributed by atoms with Crippen molar-refractivity contribution in [3.8, 4) is 22.8 Å². The molecule has 2 amide bonds. The van der Waals surface area contributed by atoms with Crippen LogP contribution in [0.2, 0.25) is 0 Å². The Hall–Kier alpha value is -3.77. The van der Waals surface area contributed by atoms with Crippen LogP contribution in [-0.4, -0.2) is 114 Å². The Bertz CT molecular complexity index is 1380. The number of anilines is 1. The number of rotatable bonds is 7. The summed E-state index contributed by atoms with van der Waals surface area (Å²) in [5.41, 5.74) is -1.52. The summed E-state index contributed by atoms with van der Waals surface area (Å²) in [5.74, 6) is -3.39. The fraction of sp³-hybridized carbons (Fsp3) is 0.500. The number of carbonyl (C=O) groups is 2. The Kier molecular flexibility index (Phi) is 8.13. The summed E-state index contributed by atoms with van der Waals surface area (Å²) < 4.78 is 43.5. The van der Waals surface area contributed by atoms with E-state index in [9.17, 15) is 14.7 Å². The van der Waals surface area contributed by atoms with Gasteiger partial charge in [0.15, 0.2) is 11.6 Å². The van der Waals surface area contributed by atoms with E-state index >= 15 is 8.78 Å². The van der Waals surface area contributed by atoms with Crippen molar-refractivity contribution in [2.45, 2.75) is 38.0 Å². The molecule has 4 heterocycles. The second-order valence-electron chi connectivity index (χ2n) is 11.8. The standard InChI is InChI=1S/C30H37F2N5O5/c1-6-22(39)35-10-11-36-18(15-35)17-42-27-24(29(36)40)28(33-26(25(27)32)23-20(31)8-7-9-21(23)38)37-16-19(14-30(37,2)3)41-13-12-34(4)5/h6-9,18-19,38H,1,10-17H2,2-5H3/t18-,19?/m1/s1. The number of amides is 2. The Morgan fingerprint density at radius 2 is 2.02 bits per heavy atom. The van der Waals surface area contributed by atoms with E-state index in [1.165, 1.54) is 18.2 Å². The molecule has 2 saturated heterocycles. The van der Waals surface area contributed by atoms with Gasteiger partial charge < -0.3 is 34.2 Å². The minimum Gasteiger partial charge on any atom is -0.507 e. The first-order valence-corrected chi connectivity index (χ1v) is 14.0. The molecule has 1 aromatic heterocycles. The zero-order valence-electron chi connectivity index (χ0n) is 24.4. The number of phenolic OH excluding ortho intramolecular Hbond substituents is 1. The summed E-state index contributed by atoms with van der Waals surface area (Å²) in [6, 6.07) is 3.11. The lowest BCUT2D eigenvalue weighted by atomic mass is 9.99. The fourth-order valence-electron chi connectivity index (χ4n) is 5.95. The summed E-state index contributed by atoms with van der Waals surface area (Å²) in [5, 5.41) is 10.6. The van der Waals surface area contributed by atoms with E-state index in [4.69, 9.17) is 9.47 Å². The number of aromatic nitrogens is 1. The molecular weight excluding hydrogens is 548 g/mol. The SMILES string of the molecule is C=CC(=O)N1CCN2C(=O)c3c(N4CC(OCCN(C)C)CC4(C)C)nc(-c4c(O)cccc4F)c(F)c3OC[C@H]2C1. The number of phenols is 1. The number of fused-ring (bicyclic) bond motifs is 2. The summed E-state index contributed by atoms with van der Waals surface area (Å²) in [7, 11) is 3.91. The van der Waals surface area contributed by atoms with Gasteiger partial charge in [-0.15, -0.1) is 0 Å². The van der Waals surface area contributed by atoms with Crippen LogP contribution < -0.4 is 9.64 Å². The van der Waals surface area contributed by atoms with Gasteiger partial charge in [-0.2, -0.15) is 0 Å². The van der Waals surface area contributed by atoms with Crippen LogP contribution >= 0.6 is 0 Å². The quantitative estimate of drug-likeness (QED) is 0.496. The molecule has 2 atom stereocenters. The van der Waals surface area contributed by atoms with Crippen LogP contribution in [-0.2, 0) is 9.53 Å². The summed E-state index contributed by atoms with van der Waals surface area (Å²) in [6.07, 6.45) is 1.62. The van der Waals surface area contributed by atoms with Crippen molar-refractivity contribution in [1.82, 2.24) is 19.7 Å². The van der Waals surface area contributed by atoms with Crippen molar-refractivity contribution in [3.63, 3.8) is 0 Å². The number of carbonyl (C=O) groups excluding carboxylic acids is 2. The van der Waals surface area contributed by atoms with E-state index in [-0.39, 0.29) is 55.4 Å². The monoisotopic (exact) mass is 585 g/mol. The van der Waals surface area contributed by atoms with Crippen LogP contribution in [0.1, 0.15) is 30.6 Å². The highest BCUT2D eigenvalue weighted by Crippen LogP contribution is 2.45. The zero-order chi connectivity index (χ0) is 30.3. The number of piperazine rings is 1. The second kappa shape index (κ2) is 11.5. The first kappa shape index (κ1) is 29.7. The lowest BCUT2D eigenvalue weighted by Crippen LogP contribution is -2.57. The Balaban J connectivity index is 1.62. The number of halogens is 2. The third-order valence-corrected chi connectivity index (χ3v) is 8.16. The molecule has 0 radical (unpaired) electrons. The van der Waals surface area contributed by atoms with Crippen LogP contribution in [0.25, 0.3) is 11.3 Å². The van der Waals surface area contributed by atoms with Crippen molar-refractivity contribution in [3.05, 3.63) is 48.1 Å². The lowest BCUT2D eigenvalue weighted by molar-refractivity contribution is -0.128. The van der Waals surface area contributed by atoms with E-state index < -0.39 is 46.1 Å². The smallest absolute Gasteiger partial charge is 0.262 e. The van der Waals surface area contributed by atoms with Crippen LogP contribution in [0, 0.1) is 11.6 Å². The molecule has 3 aliphatic heterocycles. The first-order valence-electron chi connectivity index (χ1n) is 14.0. The second-order valence-corrected chi connectivity index (χ2v) is 11.8. The van der Waals surface area contributed by atoms with E-state index in [0.717, 1.165) is 12.6 Å². The molecule has 42 heavy (non-hydrogen) atoms. The number of likely N-dealkylation sites (N-methyl/N-ethyl adjacent to an activating group) is 1. The minimum absolute atomic E-state index is 0.0694. The zero-order valence-corrected chi connectivity index (χ0v) is 24.4. The van der Waals surface area contributed by atoms with E-state index in [2.05, 4.69) is 11.6 Å². The molecule has 0 bridgehead atoms. The van der Waals surface area contributed by atoms with Crippen molar-refractivity contribution in [2.75, 3.05) is 64.9 Å². The number of hydrogen-bond donors (Lipinski definition) is 1. The number of nitrogens with zero attached hydrogens (tertiary/aromatic N) is 5. The highest BCUT2D eigenvalue weighted by atomic mass is 19.1. The van der Waals surface area contributed by atoms with Gasteiger partial charge in [-0.1, -0.05) is 12.6 Å². The van der Waals surface area contributed by atoms with E-state index in [1.54, 1.807) is 9.80 Å². The topological polar surface area (TPSA) is 98.7 Å². The van der Waals surface area contributed by atoms with E-state index in [0.29, 0.717) is 19.6 Å². The summed E-state index contributed by atoms with van der Waals surface area (Å²) in [6.45, 7) is 9.67. The number of benzene rings is 1. The van der Waals surface area contributed by atoms with Gasteiger partial charge in [-0.05, 0) is 52.6 Å². The fourth-order valence-corrected chi connectivity index (χ4v) is 5.95. The predicted molar refractivity (Wildman–Crippen MR) is 153 cm³/mol. The third kappa shape index (κ3) is 5.40. The molecule has 1 unspecified atom stereocenters. The van der Waals surface area contributed by atoms with Gasteiger partial charge in [0.2, 0.25) is 5.91 Å². The maximum atomic E-state index is 16.3. The summed E-state index contributed by atoms with van der Waals surface area (Å²) >= 11 is 0. The molecule has 2 aromatic rings. The van der Waals surface area contributed by atoms with Crippen molar-refractivity contribution < 1.29 is 33.0 Å². The molecule has 1 N–H and O–H groups in total. The normalized spacial score (nSPS) is 21.6. The molecule has 0 saturated carbocycles. The van der Waals surface area contributed by atoms with Crippen LogP contribution in [0.4, 0.5) is 14.6 Å². The van der Waals surface area contributed by atoms with Gasteiger partial charge in [0.1, 0.15) is 35.2 Å². The maximum Gasteiger partial charge on any atom is 0.262 e. The number of hydrogen-bond acceptors (Lipinski definition) is 8. The number of aromatic hydroxyl groups is 1. The molecule has 3 aliphatic rings. The van der Waals surface area contributed by atoms with Gasteiger partial charge >= 0.3 is 0 Å². The van der Waals surface area contributed by atoms with Gasteiger partial charge in [-0.25, -0.2) is 13.8 Å². The molecule has 12 heteroatoms. The summed E-state index contributed by atoms with van der Waals surface area (Å²) in [4.78, 5) is 38.1. The molecule has 226 valence electrons. The van der Waals surface area contributed by atoms with Crippen LogP contribution in [0.3, 0.4) is 0 Å². The van der Waals surface area contributed by atoms with Crippen LogP contribution in [0.5, 0.6) is 11.5 Å². The Labute approximate surface area is 244 Å². The Morgan fingerprint density at radius 3 is 2.71 bits per heavy atom. The molecule has 10 nitrogen and oxygen atoms in total. The minimum atomic E-state index is -1.04. The lowest BCUT2D eigenvalue weighted by Gasteiger charge is -2.40. The number of pyridine rings is 1. The number of ether oxygens (including phenoxy) is 2. The molecular formula is C30H37F2N5O5. The van der Waals surface area contributed by atoms with Crippen molar-refractivity contribution in [2.24, 2.45) is 0 Å². The third-order valence-electron chi connectivity index (χ3n) is 8.16. The molecule has 0 aliphatic carbocycles. The van der Waals surface area contributed by atoms with Crippen molar-refractivity contribution in [1.29, 1.82) is 0 Å². The highest BCUT2D eigenvalue weighted by molar-refractivity contribution is 6.03. The molecule has 2 fully saturated rings. The molecule has 0 spiro atoms. The van der Waals surface area contributed by atoms with Gasteiger partial charge in [-0.3, -0.25) is 9.59 Å². The van der Waals surface area contributed by atoms with Gasteiger partial charge in [0.05, 0.1) is 24.3 Å². The molecule has 1 aromatic carbocycles. The van der Waals surface area contributed by atoms with Gasteiger partial charge in [0.25, 0.3) is 5.91 Å². The average Bonchev–Trinajstić information content (AvgIpc) is 3.16. The van der Waals surface area contributed by atoms with Crippen LogP contribution in [0.15, 0.2) is 30.9 Å².